The molecule has 204 valence electrons. The minimum Gasteiger partial charge on any atom is -0.497 e. The van der Waals surface area contributed by atoms with E-state index in [0.717, 1.165) is 50.4 Å². The average Bonchev–Trinajstić information content (AvgIpc) is 2.91. The summed E-state index contributed by atoms with van der Waals surface area (Å²) in [6, 6.07) is 12.9. The minimum absolute atomic E-state index is 0.0830. The number of halogens is 3. The lowest BCUT2D eigenvalue weighted by Gasteiger charge is -2.55. The fourth-order valence-corrected chi connectivity index (χ4v) is 6.15. The number of rotatable bonds is 8. The Kier molecular flexibility index (Phi) is 8.63. The Morgan fingerprint density at radius 3 is 2.71 bits per heavy atom. The van der Waals surface area contributed by atoms with Gasteiger partial charge in [-0.25, -0.2) is 0 Å². The predicted molar refractivity (Wildman–Crippen MR) is 142 cm³/mol. The van der Waals surface area contributed by atoms with Gasteiger partial charge in [-0.15, -0.1) is 6.58 Å². The van der Waals surface area contributed by atoms with Crippen LogP contribution >= 0.6 is 0 Å². The maximum atomic E-state index is 13.0. The normalized spacial score (nSPS) is 26.1. The molecule has 2 aromatic carbocycles. The minimum atomic E-state index is -4.43. The van der Waals surface area contributed by atoms with Gasteiger partial charge in [0, 0.05) is 43.7 Å². The van der Waals surface area contributed by atoms with Crippen LogP contribution in [-0.2, 0) is 21.1 Å². The van der Waals surface area contributed by atoms with Crippen LogP contribution in [0.3, 0.4) is 0 Å². The third kappa shape index (κ3) is 6.13. The Balaban J connectivity index is 1.57. The zero-order valence-electron chi connectivity index (χ0n) is 21.8. The molecular weight excluding hydrogens is 493 g/mol. The van der Waals surface area contributed by atoms with Crippen molar-refractivity contribution in [2.45, 2.75) is 43.0 Å². The van der Waals surface area contributed by atoms with E-state index in [9.17, 15) is 18.0 Å². The quantitative estimate of drug-likeness (QED) is 0.365. The molecule has 0 aromatic heterocycles. The maximum Gasteiger partial charge on any atom is 0.416 e. The third-order valence-electron chi connectivity index (χ3n) is 7.94. The number of ether oxygens (including phenoxy) is 2. The van der Waals surface area contributed by atoms with Crippen molar-refractivity contribution in [3.8, 4) is 5.75 Å². The fourth-order valence-electron chi connectivity index (χ4n) is 6.15. The first-order chi connectivity index (χ1) is 18.2. The SMILES string of the molecule is C=CCN1CCC2(c3cccc(OC)c3)CC(NC(=O)C=Cc3cccc(C(F)(F)F)c3)CC(OC)C2C1. The van der Waals surface area contributed by atoms with E-state index >= 15 is 0 Å². The van der Waals surface area contributed by atoms with Crippen LogP contribution in [0.2, 0.25) is 0 Å². The number of piperidine rings is 1. The molecule has 1 amide bonds. The zero-order valence-corrected chi connectivity index (χ0v) is 21.8. The second-order valence-electron chi connectivity index (χ2n) is 10.2. The number of carbonyl (C=O) groups is 1. The maximum absolute atomic E-state index is 13.0. The fraction of sp³-hybridized carbons (Fsp3) is 0.433. The molecule has 1 N–H and O–H groups in total. The topological polar surface area (TPSA) is 50.8 Å². The monoisotopic (exact) mass is 528 g/mol. The lowest BCUT2D eigenvalue weighted by molar-refractivity contribution is -0.137. The molecule has 1 heterocycles. The largest absolute Gasteiger partial charge is 0.497 e. The summed E-state index contributed by atoms with van der Waals surface area (Å²) in [5.41, 5.74) is 0.509. The number of carbonyl (C=O) groups excluding carboxylic acids is 1. The summed E-state index contributed by atoms with van der Waals surface area (Å²) in [7, 11) is 3.37. The smallest absolute Gasteiger partial charge is 0.416 e. The van der Waals surface area contributed by atoms with Crippen molar-refractivity contribution >= 4 is 12.0 Å². The van der Waals surface area contributed by atoms with Crippen LogP contribution in [0.4, 0.5) is 13.2 Å². The number of likely N-dealkylation sites (tertiary alicyclic amines) is 1. The number of nitrogens with zero attached hydrogens (tertiary/aromatic N) is 1. The molecule has 1 aliphatic carbocycles. The molecule has 8 heteroatoms. The van der Waals surface area contributed by atoms with E-state index in [1.54, 1.807) is 20.3 Å². The first kappa shape index (κ1) is 27.9. The number of nitrogens with one attached hydrogen (secondary N) is 1. The number of fused-ring (bicyclic) bond motifs is 1. The van der Waals surface area contributed by atoms with Gasteiger partial charge in [-0.05, 0) is 67.3 Å². The lowest BCUT2D eigenvalue weighted by atomic mass is 9.57. The van der Waals surface area contributed by atoms with Crippen molar-refractivity contribution in [3.05, 3.63) is 84.0 Å². The van der Waals surface area contributed by atoms with E-state index in [2.05, 4.69) is 28.9 Å². The van der Waals surface area contributed by atoms with Gasteiger partial charge in [-0.2, -0.15) is 13.2 Å². The number of amides is 1. The molecule has 2 fully saturated rings. The summed E-state index contributed by atoms with van der Waals surface area (Å²) >= 11 is 0. The summed E-state index contributed by atoms with van der Waals surface area (Å²) in [6.07, 6.45) is 2.39. The molecule has 1 saturated carbocycles. The molecule has 5 nitrogen and oxygen atoms in total. The molecule has 1 saturated heterocycles. The zero-order chi connectivity index (χ0) is 27.3. The standard InChI is InChI=1S/C30H35F3N2O3/c1-4-14-35-15-13-29(22-8-6-10-25(17-22)37-2)19-24(18-27(38-3)26(29)20-35)34-28(36)12-11-21-7-5-9-23(16-21)30(31,32)33/h4-12,16-17,24,26-27H,1,13-15,18-20H2,2-3H3,(H,34,36). The van der Waals surface area contributed by atoms with Gasteiger partial charge < -0.3 is 14.8 Å². The van der Waals surface area contributed by atoms with E-state index in [0.29, 0.717) is 12.0 Å². The van der Waals surface area contributed by atoms with Crippen LogP contribution in [0, 0.1) is 5.92 Å². The summed E-state index contributed by atoms with van der Waals surface area (Å²) < 4.78 is 50.7. The van der Waals surface area contributed by atoms with Gasteiger partial charge in [-0.3, -0.25) is 9.69 Å². The first-order valence-corrected chi connectivity index (χ1v) is 12.8. The second kappa shape index (κ2) is 11.7. The predicted octanol–water partition coefficient (Wildman–Crippen LogP) is 5.47. The number of alkyl halides is 3. The molecule has 0 spiro atoms. The van der Waals surface area contributed by atoms with Crippen molar-refractivity contribution in [2.24, 2.45) is 5.92 Å². The first-order valence-electron chi connectivity index (χ1n) is 12.8. The molecule has 4 atom stereocenters. The Bertz CT molecular complexity index is 1170. The lowest BCUT2D eigenvalue weighted by Crippen LogP contribution is -2.61. The molecule has 1 aliphatic heterocycles. The number of hydrogen-bond acceptors (Lipinski definition) is 4. The van der Waals surface area contributed by atoms with Gasteiger partial charge in [0.15, 0.2) is 0 Å². The number of methoxy groups -OCH3 is 2. The van der Waals surface area contributed by atoms with Crippen LogP contribution in [0.1, 0.15) is 36.0 Å². The molecule has 2 aromatic rings. The van der Waals surface area contributed by atoms with E-state index in [1.165, 1.54) is 23.8 Å². The van der Waals surface area contributed by atoms with Crippen LogP contribution in [0.15, 0.2) is 67.3 Å². The van der Waals surface area contributed by atoms with Gasteiger partial charge >= 0.3 is 6.18 Å². The van der Waals surface area contributed by atoms with Gasteiger partial charge in [-0.1, -0.05) is 30.3 Å². The van der Waals surface area contributed by atoms with Crippen LogP contribution in [0.5, 0.6) is 5.75 Å². The molecule has 38 heavy (non-hydrogen) atoms. The highest BCUT2D eigenvalue weighted by molar-refractivity contribution is 5.92. The summed E-state index contributed by atoms with van der Waals surface area (Å²) in [4.78, 5) is 15.3. The van der Waals surface area contributed by atoms with E-state index in [1.807, 2.05) is 18.2 Å². The summed E-state index contributed by atoms with van der Waals surface area (Å²) in [6.45, 7) is 6.46. The van der Waals surface area contributed by atoms with Crippen LogP contribution in [0.25, 0.3) is 6.08 Å². The van der Waals surface area contributed by atoms with Crippen molar-refractivity contribution in [1.29, 1.82) is 0 Å². The summed E-state index contributed by atoms with van der Waals surface area (Å²) in [5, 5.41) is 3.10. The van der Waals surface area contributed by atoms with Crippen LogP contribution in [-0.4, -0.2) is 56.8 Å². The highest BCUT2D eigenvalue weighted by atomic mass is 19.4. The Hall–Kier alpha value is -3.10. The Morgan fingerprint density at radius 2 is 2.00 bits per heavy atom. The molecule has 2 aliphatic rings. The Morgan fingerprint density at radius 1 is 1.21 bits per heavy atom. The molecule has 4 unspecified atom stereocenters. The van der Waals surface area contributed by atoms with Crippen molar-refractivity contribution < 1.29 is 27.4 Å². The Labute approximate surface area is 222 Å². The highest BCUT2D eigenvalue weighted by Crippen LogP contribution is 2.50. The van der Waals surface area contributed by atoms with Crippen LogP contribution < -0.4 is 10.1 Å². The molecule has 0 radical (unpaired) electrons. The van der Waals surface area contributed by atoms with E-state index in [4.69, 9.17) is 9.47 Å². The summed E-state index contributed by atoms with van der Waals surface area (Å²) in [5.74, 6) is 0.654. The van der Waals surface area contributed by atoms with Gasteiger partial charge in [0.2, 0.25) is 5.91 Å². The van der Waals surface area contributed by atoms with Crippen molar-refractivity contribution in [3.63, 3.8) is 0 Å². The second-order valence-corrected chi connectivity index (χ2v) is 10.2. The molecule has 4 rings (SSSR count). The van der Waals surface area contributed by atoms with Gasteiger partial charge in [0.25, 0.3) is 0 Å². The van der Waals surface area contributed by atoms with Gasteiger partial charge in [0.1, 0.15) is 5.75 Å². The third-order valence-corrected chi connectivity index (χ3v) is 7.94. The number of benzene rings is 2. The highest BCUT2D eigenvalue weighted by Gasteiger charge is 2.52. The van der Waals surface area contributed by atoms with Crippen molar-refractivity contribution in [2.75, 3.05) is 33.9 Å². The van der Waals surface area contributed by atoms with E-state index in [-0.39, 0.29) is 29.4 Å². The van der Waals surface area contributed by atoms with Crippen molar-refractivity contribution in [1.82, 2.24) is 10.2 Å². The molecule has 0 bridgehead atoms. The number of hydrogen-bond donors (Lipinski definition) is 1. The molecular formula is C30H35F3N2O3. The van der Waals surface area contributed by atoms with Gasteiger partial charge in [0.05, 0.1) is 18.8 Å². The average molecular weight is 529 g/mol. The van der Waals surface area contributed by atoms with E-state index < -0.39 is 11.7 Å².